The number of amides is 1. The summed E-state index contributed by atoms with van der Waals surface area (Å²) in [7, 11) is -3.65. The van der Waals surface area contributed by atoms with Crippen molar-refractivity contribution in [2.75, 3.05) is 5.32 Å². The number of hydrogen-bond acceptors (Lipinski definition) is 4. The quantitative estimate of drug-likeness (QED) is 0.692. The fourth-order valence-corrected chi connectivity index (χ4v) is 3.71. The molecule has 0 bridgehead atoms. The Kier molecular flexibility index (Phi) is 6.17. The molecule has 0 aliphatic heterocycles. The molecule has 0 radical (unpaired) electrons. The topological polar surface area (TPSA) is 101 Å². The van der Waals surface area contributed by atoms with Crippen molar-refractivity contribution in [2.45, 2.75) is 43.7 Å². The zero-order valence-electron chi connectivity index (χ0n) is 15.2. The van der Waals surface area contributed by atoms with Gasteiger partial charge >= 0.3 is 0 Å². The van der Waals surface area contributed by atoms with Gasteiger partial charge in [-0.05, 0) is 44.0 Å². The maximum atomic E-state index is 12.6. The van der Waals surface area contributed by atoms with Gasteiger partial charge in [0, 0.05) is 11.7 Å². The number of rotatable bonds is 7. The van der Waals surface area contributed by atoms with E-state index >= 15 is 0 Å². The molecule has 7 heteroatoms. The average Bonchev–Trinajstić information content (AvgIpc) is 2.62. The molecule has 2 atom stereocenters. The minimum atomic E-state index is -3.65. The van der Waals surface area contributed by atoms with E-state index < -0.39 is 21.5 Å². The van der Waals surface area contributed by atoms with Gasteiger partial charge in [0.1, 0.15) is 5.54 Å². The lowest BCUT2D eigenvalue weighted by molar-refractivity contribution is -0.120. The van der Waals surface area contributed by atoms with Crippen molar-refractivity contribution < 1.29 is 13.2 Å². The number of nitrogens with two attached hydrogens (primary N) is 1. The van der Waals surface area contributed by atoms with E-state index in [0.717, 1.165) is 0 Å². The Balaban J connectivity index is 2.22. The van der Waals surface area contributed by atoms with Crippen molar-refractivity contribution >= 4 is 21.6 Å². The van der Waals surface area contributed by atoms with E-state index in [1.54, 1.807) is 38.1 Å². The molecule has 26 heavy (non-hydrogen) atoms. The molecule has 1 amide bonds. The van der Waals surface area contributed by atoms with Crippen LogP contribution < -0.4 is 15.8 Å². The number of sulfonamides is 1. The second-order valence-electron chi connectivity index (χ2n) is 6.48. The Labute approximate surface area is 154 Å². The van der Waals surface area contributed by atoms with Crippen LogP contribution in [0.1, 0.15) is 32.8 Å². The molecule has 0 fully saturated rings. The Hall–Kier alpha value is -2.22. The van der Waals surface area contributed by atoms with Crippen LogP contribution in [0.4, 0.5) is 5.69 Å². The summed E-state index contributed by atoms with van der Waals surface area (Å²) in [5, 5.41) is 2.70. The van der Waals surface area contributed by atoms with Gasteiger partial charge in [-0.2, -0.15) is 0 Å². The van der Waals surface area contributed by atoms with E-state index in [0.29, 0.717) is 17.7 Å². The number of carbonyl (C=O) groups excluding carboxylic acids is 1. The molecule has 140 valence electrons. The minimum Gasteiger partial charge on any atom is -0.324 e. The van der Waals surface area contributed by atoms with Gasteiger partial charge in [0.25, 0.3) is 0 Å². The van der Waals surface area contributed by atoms with Crippen molar-refractivity contribution in [3.63, 3.8) is 0 Å². The van der Waals surface area contributed by atoms with Gasteiger partial charge in [-0.1, -0.05) is 43.3 Å². The molecule has 0 spiro atoms. The molecule has 0 saturated carbocycles. The van der Waals surface area contributed by atoms with E-state index in [4.69, 9.17) is 5.73 Å². The molecule has 2 aromatic carbocycles. The van der Waals surface area contributed by atoms with Crippen molar-refractivity contribution in [3.8, 4) is 0 Å². The van der Waals surface area contributed by atoms with Crippen LogP contribution >= 0.6 is 0 Å². The highest BCUT2D eigenvalue weighted by molar-refractivity contribution is 7.89. The maximum Gasteiger partial charge on any atom is 0.248 e. The molecule has 0 saturated heterocycles. The van der Waals surface area contributed by atoms with Crippen LogP contribution in [0.2, 0.25) is 0 Å². The Morgan fingerprint density at radius 2 is 1.81 bits per heavy atom. The molecule has 0 heterocycles. The standard InChI is InChI=1S/C19H25N3O3S/c1-4-14(2)22-26(24,25)17-12-8-11-16(13-17)21-18(23)19(3,20)15-9-6-5-7-10-15/h5-14,22H,4,20H2,1-3H3,(H,21,23). The maximum absolute atomic E-state index is 12.6. The Morgan fingerprint density at radius 1 is 1.15 bits per heavy atom. The zero-order chi connectivity index (χ0) is 19.4. The number of anilines is 1. The van der Waals surface area contributed by atoms with Crippen LogP contribution in [0, 0.1) is 0 Å². The summed E-state index contributed by atoms with van der Waals surface area (Å²) < 4.78 is 27.4. The summed E-state index contributed by atoms with van der Waals surface area (Å²) in [6.45, 7) is 5.31. The summed E-state index contributed by atoms with van der Waals surface area (Å²) in [6, 6.07) is 14.9. The SMILES string of the molecule is CCC(C)NS(=O)(=O)c1cccc(NC(=O)C(C)(N)c2ccccc2)c1. The summed E-state index contributed by atoms with van der Waals surface area (Å²) >= 11 is 0. The lowest BCUT2D eigenvalue weighted by Crippen LogP contribution is -2.45. The molecule has 6 nitrogen and oxygen atoms in total. The smallest absolute Gasteiger partial charge is 0.248 e. The molecule has 4 N–H and O–H groups in total. The lowest BCUT2D eigenvalue weighted by atomic mass is 9.92. The summed E-state index contributed by atoms with van der Waals surface area (Å²) in [5.74, 6) is -0.423. The second-order valence-corrected chi connectivity index (χ2v) is 8.19. The fourth-order valence-electron chi connectivity index (χ4n) is 2.33. The van der Waals surface area contributed by atoms with Crippen molar-refractivity contribution in [1.82, 2.24) is 4.72 Å². The highest BCUT2D eigenvalue weighted by atomic mass is 32.2. The van der Waals surface area contributed by atoms with Gasteiger partial charge in [-0.25, -0.2) is 13.1 Å². The third-order valence-electron chi connectivity index (χ3n) is 4.22. The van der Waals surface area contributed by atoms with E-state index in [2.05, 4.69) is 10.0 Å². The first-order valence-corrected chi connectivity index (χ1v) is 9.93. The normalized spacial score (nSPS) is 15.1. The molecule has 2 rings (SSSR count). The number of hydrogen-bond donors (Lipinski definition) is 3. The van der Waals surface area contributed by atoms with Crippen LogP contribution in [-0.2, 0) is 20.4 Å². The van der Waals surface area contributed by atoms with E-state index in [1.165, 1.54) is 12.1 Å². The van der Waals surface area contributed by atoms with Gasteiger partial charge in [0.15, 0.2) is 0 Å². The summed E-state index contributed by atoms with van der Waals surface area (Å²) in [5.41, 5.74) is 5.99. The minimum absolute atomic E-state index is 0.0917. The molecule has 2 unspecified atom stereocenters. The number of benzene rings is 2. The predicted octanol–water partition coefficient (Wildman–Crippen LogP) is 2.58. The van der Waals surface area contributed by atoms with Gasteiger partial charge in [0.05, 0.1) is 4.90 Å². The predicted molar refractivity (Wildman–Crippen MR) is 103 cm³/mol. The molecule has 0 aromatic heterocycles. The molecular formula is C19H25N3O3S. The first-order valence-electron chi connectivity index (χ1n) is 8.45. The molecule has 0 aliphatic carbocycles. The van der Waals surface area contributed by atoms with Gasteiger partial charge in [-0.15, -0.1) is 0 Å². The van der Waals surface area contributed by atoms with Crippen LogP contribution in [-0.4, -0.2) is 20.4 Å². The van der Waals surface area contributed by atoms with Gasteiger partial charge < -0.3 is 11.1 Å². The Bertz CT molecular complexity index is 865. The molecular weight excluding hydrogens is 350 g/mol. The van der Waals surface area contributed by atoms with Crippen LogP contribution in [0.5, 0.6) is 0 Å². The lowest BCUT2D eigenvalue weighted by Gasteiger charge is -2.24. The third-order valence-corrected chi connectivity index (χ3v) is 5.80. The van der Waals surface area contributed by atoms with Crippen LogP contribution in [0.3, 0.4) is 0 Å². The molecule has 2 aromatic rings. The van der Waals surface area contributed by atoms with Crippen LogP contribution in [0.25, 0.3) is 0 Å². The average molecular weight is 375 g/mol. The van der Waals surface area contributed by atoms with Crippen LogP contribution in [0.15, 0.2) is 59.5 Å². The number of nitrogens with one attached hydrogen (secondary N) is 2. The number of carbonyl (C=O) groups is 1. The fraction of sp³-hybridized carbons (Fsp3) is 0.316. The first kappa shape index (κ1) is 20.1. The highest BCUT2D eigenvalue weighted by Gasteiger charge is 2.30. The second kappa shape index (κ2) is 7.99. The highest BCUT2D eigenvalue weighted by Crippen LogP contribution is 2.21. The van der Waals surface area contributed by atoms with E-state index in [-0.39, 0.29) is 10.9 Å². The monoisotopic (exact) mass is 375 g/mol. The van der Waals surface area contributed by atoms with Crippen molar-refractivity contribution in [3.05, 3.63) is 60.2 Å². The van der Waals surface area contributed by atoms with Gasteiger partial charge in [-0.3, -0.25) is 4.79 Å². The largest absolute Gasteiger partial charge is 0.324 e. The first-order chi connectivity index (χ1) is 12.2. The Morgan fingerprint density at radius 3 is 2.42 bits per heavy atom. The summed E-state index contributed by atoms with van der Waals surface area (Å²) in [6.07, 6.45) is 0.679. The van der Waals surface area contributed by atoms with Crippen molar-refractivity contribution in [1.29, 1.82) is 0 Å². The van der Waals surface area contributed by atoms with Crippen molar-refractivity contribution in [2.24, 2.45) is 5.73 Å². The summed E-state index contributed by atoms with van der Waals surface area (Å²) in [4.78, 5) is 12.7. The molecule has 0 aliphatic rings. The third kappa shape index (κ3) is 4.69. The van der Waals surface area contributed by atoms with Gasteiger partial charge in [0.2, 0.25) is 15.9 Å². The zero-order valence-corrected chi connectivity index (χ0v) is 16.0. The van der Waals surface area contributed by atoms with E-state index in [1.807, 2.05) is 25.1 Å². The van der Waals surface area contributed by atoms with E-state index in [9.17, 15) is 13.2 Å².